The van der Waals surface area contributed by atoms with Crippen LogP contribution in [0.4, 0.5) is 32.2 Å². The number of nitrogens with zero attached hydrogens (tertiary/aromatic N) is 2. The number of ether oxygens (including phenoxy) is 1. The molecule has 0 fully saturated rings. The largest absolute Gasteiger partial charge is 0.460 e. The van der Waals surface area contributed by atoms with Crippen molar-refractivity contribution in [3.05, 3.63) is 82.5 Å². The molecule has 3 rings (SSSR count). The summed E-state index contributed by atoms with van der Waals surface area (Å²) in [6.45, 7) is 1.24. The van der Waals surface area contributed by atoms with E-state index in [2.05, 4.69) is 10.4 Å². The van der Waals surface area contributed by atoms with E-state index >= 15 is 0 Å². The first-order valence-corrected chi connectivity index (χ1v) is 9.72. The fourth-order valence-electron chi connectivity index (χ4n) is 2.97. The van der Waals surface area contributed by atoms with Crippen LogP contribution in [0.2, 0.25) is 0 Å². The monoisotopic (exact) mass is 485 g/mol. The lowest BCUT2D eigenvalue weighted by Crippen LogP contribution is -2.19. The number of esters is 1. The number of carbonyl (C=O) groups excluding carboxylic acids is 2. The van der Waals surface area contributed by atoms with Gasteiger partial charge in [0.25, 0.3) is 5.91 Å². The maximum atomic E-state index is 12.9. The van der Waals surface area contributed by atoms with Crippen molar-refractivity contribution in [3.63, 3.8) is 0 Å². The number of anilines is 1. The number of carbonyl (C=O) groups is 2. The van der Waals surface area contributed by atoms with Crippen LogP contribution < -0.4 is 5.32 Å². The van der Waals surface area contributed by atoms with E-state index in [4.69, 9.17) is 4.74 Å². The Hall–Kier alpha value is -3.83. The molecule has 1 heterocycles. The molecule has 0 spiro atoms. The molecule has 0 aliphatic heterocycles. The van der Waals surface area contributed by atoms with Crippen LogP contribution in [-0.4, -0.2) is 28.3 Å². The van der Waals surface area contributed by atoms with Crippen LogP contribution in [0.5, 0.6) is 0 Å². The molecule has 1 N–H and O–H groups in total. The van der Waals surface area contributed by atoms with E-state index in [0.29, 0.717) is 17.8 Å². The number of amides is 1. The van der Waals surface area contributed by atoms with Crippen LogP contribution in [0.3, 0.4) is 0 Å². The molecule has 2 aromatic carbocycles. The Kier molecular flexibility index (Phi) is 6.99. The Morgan fingerprint density at radius 2 is 1.47 bits per heavy atom. The third-order valence-corrected chi connectivity index (χ3v) is 4.56. The van der Waals surface area contributed by atoms with Gasteiger partial charge in [-0.1, -0.05) is 12.1 Å². The number of alkyl halides is 6. The highest BCUT2D eigenvalue weighted by Crippen LogP contribution is 2.30. The van der Waals surface area contributed by atoms with Crippen LogP contribution >= 0.6 is 0 Å². The predicted octanol–water partition coefficient (Wildman–Crippen LogP) is 5.34. The summed E-state index contributed by atoms with van der Waals surface area (Å²) in [6.07, 6.45) is -9.23. The second-order valence-corrected chi connectivity index (χ2v) is 7.14. The second-order valence-electron chi connectivity index (χ2n) is 7.14. The zero-order valence-electron chi connectivity index (χ0n) is 17.5. The molecule has 1 aromatic heterocycles. The summed E-state index contributed by atoms with van der Waals surface area (Å²) in [5.41, 5.74) is -2.03. The Bertz CT molecular complexity index is 1200. The van der Waals surface area contributed by atoms with Crippen LogP contribution in [0.25, 0.3) is 0 Å². The summed E-state index contributed by atoms with van der Waals surface area (Å²) >= 11 is 0. The molecule has 0 unspecified atom stereocenters. The van der Waals surface area contributed by atoms with Crippen molar-refractivity contribution < 1.29 is 40.7 Å². The number of hydrogen-bond acceptors (Lipinski definition) is 4. The van der Waals surface area contributed by atoms with Gasteiger partial charge in [0.05, 0.1) is 28.9 Å². The van der Waals surface area contributed by atoms with E-state index in [1.165, 1.54) is 22.9 Å². The maximum Gasteiger partial charge on any atom is 0.416 e. The highest BCUT2D eigenvalue weighted by atomic mass is 19.4. The molecule has 0 saturated heterocycles. The number of halogens is 6. The molecule has 34 heavy (non-hydrogen) atoms. The van der Waals surface area contributed by atoms with Crippen molar-refractivity contribution >= 4 is 17.7 Å². The first-order valence-electron chi connectivity index (χ1n) is 9.72. The summed E-state index contributed by atoms with van der Waals surface area (Å²) in [7, 11) is 0. The van der Waals surface area contributed by atoms with E-state index in [-0.39, 0.29) is 30.1 Å². The molecular weight excluding hydrogens is 468 g/mol. The van der Waals surface area contributed by atoms with Gasteiger partial charge in [0, 0.05) is 11.6 Å². The second kappa shape index (κ2) is 9.57. The quantitative estimate of drug-likeness (QED) is 0.378. The molecule has 0 atom stereocenters. The van der Waals surface area contributed by atoms with Crippen molar-refractivity contribution in [1.82, 2.24) is 9.78 Å². The minimum Gasteiger partial charge on any atom is -0.460 e. The Morgan fingerprint density at radius 3 is 2.06 bits per heavy atom. The van der Waals surface area contributed by atoms with Gasteiger partial charge in [0.2, 0.25) is 0 Å². The first-order chi connectivity index (χ1) is 15.8. The van der Waals surface area contributed by atoms with Gasteiger partial charge >= 0.3 is 18.3 Å². The van der Waals surface area contributed by atoms with E-state index in [1.54, 1.807) is 6.92 Å². The number of nitrogens with one attached hydrogen (secondary N) is 1. The lowest BCUT2D eigenvalue weighted by atomic mass is 10.1. The lowest BCUT2D eigenvalue weighted by Gasteiger charge is -2.12. The third-order valence-electron chi connectivity index (χ3n) is 4.56. The van der Waals surface area contributed by atoms with Gasteiger partial charge in [0.15, 0.2) is 0 Å². The zero-order chi connectivity index (χ0) is 25.1. The molecule has 12 heteroatoms. The zero-order valence-corrected chi connectivity index (χ0v) is 17.5. The molecule has 180 valence electrons. The van der Waals surface area contributed by atoms with Gasteiger partial charge in [-0.15, -0.1) is 0 Å². The molecule has 1 amide bonds. The van der Waals surface area contributed by atoms with Crippen molar-refractivity contribution in [3.8, 4) is 0 Å². The molecule has 0 saturated carbocycles. The van der Waals surface area contributed by atoms with Gasteiger partial charge < -0.3 is 10.1 Å². The molecule has 3 aromatic rings. The van der Waals surface area contributed by atoms with Gasteiger partial charge in [-0.05, 0) is 43.3 Å². The number of hydrogen-bond donors (Lipinski definition) is 1. The number of benzene rings is 2. The van der Waals surface area contributed by atoms with Crippen molar-refractivity contribution in [1.29, 1.82) is 0 Å². The Morgan fingerprint density at radius 1 is 0.912 bits per heavy atom. The van der Waals surface area contributed by atoms with Crippen molar-refractivity contribution in [2.45, 2.75) is 25.8 Å². The van der Waals surface area contributed by atoms with Gasteiger partial charge in [-0.3, -0.25) is 4.79 Å². The minimum absolute atomic E-state index is 0.0727. The molecular formula is C22H17F6N3O3. The van der Waals surface area contributed by atoms with E-state index in [0.717, 1.165) is 24.3 Å². The number of rotatable bonds is 6. The third kappa shape index (κ3) is 6.15. The van der Waals surface area contributed by atoms with Crippen molar-refractivity contribution in [2.24, 2.45) is 0 Å². The van der Waals surface area contributed by atoms with Crippen LogP contribution in [0.15, 0.2) is 54.6 Å². The maximum absolute atomic E-state index is 12.9. The fourth-order valence-corrected chi connectivity index (χ4v) is 2.97. The summed E-state index contributed by atoms with van der Waals surface area (Å²) < 4.78 is 83.3. The number of aryl methyl sites for hydroxylation is 1. The van der Waals surface area contributed by atoms with Crippen LogP contribution in [0, 0.1) is 6.92 Å². The molecule has 6 nitrogen and oxygen atoms in total. The van der Waals surface area contributed by atoms with Gasteiger partial charge in [-0.2, -0.15) is 31.4 Å². The Balaban J connectivity index is 1.65. The first kappa shape index (κ1) is 24.8. The number of aromatic nitrogens is 2. The standard InChI is InChI=1S/C22H17F6N3O3/c1-13-10-18(29-19(32)14-4-2-6-16(11-14)21(23,24)25)31(30-13)8-9-34-20(33)15-5-3-7-17(12-15)22(26,27)28/h2-7,10-12H,8-9H2,1H3,(H,29,32). The normalized spacial score (nSPS) is 11.9. The average molecular weight is 485 g/mol. The van der Waals surface area contributed by atoms with E-state index < -0.39 is 35.4 Å². The van der Waals surface area contributed by atoms with E-state index in [9.17, 15) is 35.9 Å². The van der Waals surface area contributed by atoms with Crippen molar-refractivity contribution in [2.75, 3.05) is 11.9 Å². The summed E-state index contributed by atoms with van der Waals surface area (Å²) in [5, 5.41) is 6.56. The highest BCUT2D eigenvalue weighted by Gasteiger charge is 2.32. The fraction of sp³-hybridized carbons (Fsp3) is 0.227. The summed E-state index contributed by atoms with van der Waals surface area (Å²) in [6, 6.07) is 9.07. The minimum atomic E-state index is -4.62. The average Bonchev–Trinajstić information content (AvgIpc) is 3.11. The SMILES string of the molecule is Cc1cc(NC(=O)c2cccc(C(F)(F)F)c2)n(CCOC(=O)c2cccc(C(F)(F)F)c2)n1. The van der Waals surface area contributed by atoms with Gasteiger partial charge in [0.1, 0.15) is 12.4 Å². The van der Waals surface area contributed by atoms with Crippen LogP contribution in [-0.2, 0) is 23.6 Å². The van der Waals surface area contributed by atoms with Crippen LogP contribution in [0.1, 0.15) is 37.5 Å². The predicted molar refractivity (Wildman–Crippen MR) is 108 cm³/mol. The molecule has 0 bridgehead atoms. The molecule has 0 radical (unpaired) electrons. The highest BCUT2D eigenvalue weighted by molar-refractivity contribution is 6.04. The van der Waals surface area contributed by atoms with E-state index in [1.807, 2.05) is 0 Å². The smallest absolute Gasteiger partial charge is 0.416 e. The topological polar surface area (TPSA) is 73.2 Å². The summed E-state index contributed by atoms with van der Waals surface area (Å²) in [4.78, 5) is 24.5. The van der Waals surface area contributed by atoms with Gasteiger partial charge in [-0.25, -0.2) is 9.48 Å². The Labute approximate surface area is 189 Å². The molecule has 0 aliphatic rings. The molecule has 0 aliphatic carbocycles. The lowest BCUT2D eigenvalue weighted by molar-refractivity contribution is -0.138. The summed E-state index contributed by atoms with van der Waals surface area (Å²) in [5.74, 6) is -1.66.